The first-order valence-electron chi connectivity index (χ1n) is 8.16. The van der Waals surface area contributed by atoms with Gasteiger partial charge < -0.3 is 14.5 Å². The van der Waals surface area contributed by atoms with Gasteiger partial charge in [-0.05, 0) is 26.0 Å². The molecular weight excluding hydrogens is 336 g/mol. The number of carbonyl (C=O) groups excluding carboxylic acids is 1. The summed E-state index contributed by atoms with van der Waals surface area (Å²) in [5, 5.41) is 14.6. The van der Waals surface area contributed by atoms with Crippen molar-refractivity contribution < 1.29 is 18.9 Å². The third-order valence-corrected chi connectivity index (χ3v) is 4.11. The third kappa shape index (κ3) is 3.29. The number of para-hydroxylation sites is 1. The summed E-state index contributed by atoms with van der Waals surface area (Å²) in [6.45, 7) is 4.21. The number of ether oxygens (including phenoxy) is 1. The number of carbonyl (C=O) groups is 1. The van der Waals surface area contributed by atoms with Gasteiger partial charge in [-0.15, -0.1) is 0 Å². The first-order valence-corrected chi connectivity index (χ1v) is 8.16. The van der Waals surface area contributed by atoms with Crippen LogP contribution in [-0.4, -0.2) is 17.4 Å². The van der Waals surface area contributed by atoms with Crippen LogP contribution in [0.25, 0.3) is 11.0 Å². The van der Waals surface area contributed by atoms with E-state index in [2.05, 4.69) is 5.32 Å². The lowest BCUT2D eigenvalue weighted by Gasteiger charge is -2.08. The number of furan rings is 1. The highest BCUT2D eigenvalue weighted by molar-refractivity contribution is 6.07. The largest absolute Gasteiger partial charge is 0.451 e. The molecule has 1 amide bonds. The molecule has 7 nitrogen and oxygen atoms in total. The summed E-state index contributed by atoms with van der Waals surface area (Å²) in [6, 6.07) is 11.9. The Morgan fingerprint density at radius 2 is 2.00 bits per heavy atom. The average molecular weight is 354 g/mol. The van der Waals surface area contributed by atoms with Crippen molar-refractivity contribution in [2.75, 3.05) is 11.9 Å². The Kier molecular flexibility index (Phi) is 4.99. The van der Waals surface area contributed by atoms with E-state index in [1.807, 2.05) is 25.1 Å². The van der Waals surface area contributed by atoms with Crippen LogP contribution in [0.1, 0.15) is 28.6 Å². The van der Waals surface area contributed by atoms with Gasteiger partial charge in [-0.2, -0.15) is 0 Å². The number of hydrogen-bond donors (Lipinski definition) is 1. The maximum absolute atomic E-state index is 12.8. The molecule has 1 aromatic heterocycles. The molecule has 0 aliphatic rings. The maximum Gasteiger partial charge on any atom is 0.291 e. The zero-order chi connectivity index (χ0) is 18.7. The highest BCUT2D eigenvalue weighted by Gasteiger charge is 2.22. The lowest BCUT2D eigenvalue weighted by molar-refractivity contribution is -0.385. The van der Waals surface area contributed by atoms with Gasteiger partial charge in [0.15, 0.2) is 5.76 Å². The molecule has 7 heteroatoms. The molecule has 0 fully saturated rings. The van der Waals surface area contributed by atoms with Crippen molar-refractivity contribution in [3.8, 4) is 0 Å². The number of anilines is 1. The monoisotopic (exact) mass is 354 g/mol. The third-order valence-electron chi connectivity index (χ3n) is 4.11. The Morgan fingerprint density at radius 3 is 2.73 bits per heavy atom. The van der Waals surface area contributed by atoms with Gasteiger partial charge in [0.25, 0.3) is 11.6 Å². The number of nitrogens with one attached hydrogen (secondary N) is 1. The normalized spacial score (nSPS) is 10.8. The van der Waals surface area contributed by atoms with E-state index in [0.717, 1.165) is 5.39 Å². The van der Waals surface area contributed by atoms with E-state index in [1.165, 1.54) is 12.1 Å². The van der Waals surface area contributed by atoms with Crippen LogP contribution in [-0.2, 0) is 11.3 Å². The van der Waals surface area contributed by atoms with Crippen molar-refractivity contribution in [2.24, 2.45) is 0 Å². The quantitative estimate of drug-likeness (QED) is 0.522. The van der Waals surface area contributed by atoms with E-state index in [0.29, 0.717) is 29.0 Å². The summed E-state index contributed by atoms with van der Waals surface area (Å²) in [4.78, 5) is 23.4. The molecule has 0 unspecified atom stereocenters. The van der Waals surface area contributed by atoms with Gasteiger partial charge in [0, 0.05) is 23.6 Å². The Hall–Kier alpha value is -3.19. The molecule has 2 aromatic carbocycles. The van der Waals surface area contributed by atoms with E-state index in [4.69, 9.17) is 9.15 Å². The van der Waals surface area contributed by atoms with Crippen LogP contribution >= 0.6 is 0 Å². The number of fused-ring (bicyclic) bond motifs is 1. The van der Waals surface area contributed by atoms with Gasteiger partial charge in [-0.3, -0.25) is 14.9 Å². The zero-order valence-electron chi connectivity index (χ0n) is 14.4. The lowest BCUT2D eigenvalue weighted by Crippen LogP contribution is -2.14. The molecule has 1 N–H and O–H groups in total. The Labute approximate surface area is 149 Å². The summed E-state index contributed by atoms with van der Waals surface area (Å²) in [5.41, 5.74) is 1.94. The Bertz CT molecular complexity index is 977. The number of amides is 1. The highest BCUT2D eigenvalue weighted by atomic mass is 16.6. The molecule has 26 heavy (non-hydrogen) atoms. The summed E-state index contributed by atoms with van der Waals surface area (Å²) in [7, 11) is 0. The standard InChI is InChI=1S/C19H18N2O5/c1-3-25-11-14-13-7-4-5-10-17(13)26-18(14)19(22)20-15-8-6-9-16(12(15)2)21(23)24/h4-10H,3,11H2,1-2H3,(H,20,22). The average Bonchev–Trinajstić information content (AvgIpc) is 3.00. The molecule has 134 valence electrons. The van der Waals surface area contributed by atoms with Crippen molar-refractivity contribution in [1.29, 1.82) is 0 Å². The van der Waals surface area contributed by atoms with E-state index in [1.54, 1.807) is 19.1 Å². The minimum absolute atomic E-state index is 0.0538. The molecule has 0 bridgehead atoms. The van der Waals surface area contributed by atoms with E-state index >= 15 is 0 Å². The number of benzene rings is 2. The maximum atomic E-state index is 12.8. The van der Waals surface area contributed by atoms with Gasteiger partial charge in [-0.25, -0.2) is 0 Å². The molecule has 0 radical (unpaired) electrons. The Morgan fingerprint density at radius 1 is 1.23 bits per heavy atom. The fraction of sp³-hybridized carbons (Fsp3) is 0.211. The van der Waals surface area contributed by atoms with Gasteiger partial charge in [0.1, 0.15) is 5.58 Å². The minimum atomic E-state index is -0.479. The van der Waals surface area contributed by atoms with Crippen LogP contribution < -0.4 is 5.32 Å². The zero-order valence-corrected chi connectivity index (χ0v) is 14.4. The molecule has 0 atom stereocenters. The topological polar surface area (TPSA) is 94.6 Å². The van der Waals surface area contributed by atoms with Crippen LogP contribution in [0, 0.1) is 17.0 Å². The second-order valence-corrected chi connectivity index (χ2v) is 5.70. The SMILES string of the molecule is CCOCc1c(C(=O)Nc2cccc([N+](=O)[O-])c2C)oc2ccccc12. The van der Waals surface area contributed by atoms with E-state index < -0.39 is 10.8 Å². The molecule has 0 aliphatic carbocycles. The fourth-order valence-corrected chi connectivity index (χ4v) is 2.77. The molecule has 0 spiro atoms. The summed E-state index contributed by atoms with van der Waals surface area (Å²) in [6.07, 6.45) is 0. The first-order chi connectivity index (χ1) is 12.5. The predicted molar refractivity (Wildman–Crippen MR) is 97.3 cm³/mol. The van der Waals surface area contributed by atoms with Crippen molar-refractivity contribution in [3.63, 3.8) is 0 Å². The summed E-state index contributed by atoms with van der Waals surface area (Å²) >= 11 is 0. The van der Waals surface area contributed by atoms with Crippen molar-refractivity contribution >= 4 is 28.3 Å². The summed E-state index contributed by atoms with van der Waals surface area (Å²) < 4.78 is 11.2. The molecule has 3 aromatic rings. The predicted octanol–water partition coefficient (Wildman–Crippen LogP) is 4.44. The minimum Gasteiger partial charge on any atom is -0.451 e. The second-order valence-electron chi connectivity index (χ2n) is 5.70. The smallest absolute Gasteiger partial charge is 0.291 e. The molecule has 3 rings (SSSR count). The van der Waals surface area contributed by atoms with E-state index in [9.17, 15) is 14.9 Å². The first kappa shape index (κ1) is 17.6. The lowest BCUT2D eigenvalue weighted by atomic mass is 10.1. The Balaban J connectivity index is 1.98. The van der Waals surface area contributed by atoms with Crippen LogP contribution in [0.4, 0.5) is 11.4 Å². The van der Waals surface area contributed by atoms with Crippen molar-refractivity contribution in [2.45, 2.75) is 20.5 Å². The van der Waals surface area contributed by atoms with Crippen LogP contribution in [0.3, 0.4) is 0 Å². The van der Waals surface area contributed by atoms with Gasteiger partial charge in [0.2, 0.25) is 0 Å². The number of rotatable bonds is 6. The van der Waals surface area contributed by atoms with Crippen molar-refractivity contribution in [1.82, 2.24) is 0 Å². The van der Waals surface area contributed by atoms with Crippen LogP contribution in [0.5, 0.6) is 0 Å². The van der Waals surface area contributed by atoms with Gasteiger partial charge in [-0.1, -0.05) is 24.3 Å². The highest BCUT2D eigenvalue weighted by Crippen LogP contribution is 2.29. The molecule has 0 aliphatic heterocycles. The van der Waals surface area contributed by atoms with Crippen LogP contribution in [0.15, 0.2) is 46.9 Å². The molecule has 0 saturated heterocycles. The van der Waals surface area contributed by atoms with E-state index in [-0.39, 0.29) is 18.1 Å². The molecule has 1 heterocycles. The number of hydrogen-bond acceptors (Lipinski definition) is 5. The van der Waals surface area contributed by atoms with Crippen LogP contribution in [0.2, 0.25) is 0 Å². The number of nitrogens with zero attached hydrogens (tertiary/aromatic N) is 1. The van der Waals surface area contributed by atoms with Gasteiger partial charge >= 0.3 is 0 Å². The number of nitro groups is 1. The second kappa shape index (κ2) is 7.37. The number of nitro benzene ring substituents is 1. The fourth-order valence-electron chi connectivity index (χ4n) is 2.77. The van der Waals surface area contributed by atoms with Gasteiger partial charge in [0.05, 0.1) is 22.8 Å². The van der Waals surface area contributed by atoms with Crippen molar-refractivity contribution in [3.05, 3.63) is 69.5 Å². The summed E-state index contributed by atoms with van der Waals surface area (Å²) in [5.74, 6) is -0.329. The molecular formula is C19H18N2O5. The molecule has 0 saturated carbocycles.